The first-order valence-electron chi connectivity index (χ1n) is 11.4. The zero-order chi connectivity index (χ0) is 23.0. The Labute approximate surface area is 193 Å². The van der Waals surface area contributed by atoms with Crippen LogP contribution in [0.5, 0.6) is 0 Å². The summed E-state index contributed by atoms with van der Waals surface area (Å²) in [5, 5.41) is 19.0. The van der Waals surface area contributed by atoms with Gasteiger partial charge in [0.1, 0.15) is 0 Å². The number of aromatic nitrogens is 1. The van der Waals surface area contributed by atoms with Gasteiger partial charge in [0.05, 0.1) is 19.8 Å². The minimum absolute atomic E-state index is 0.0339. The van der Waals surface area contributed by atoms with Crippen LogP contribution >= 0.6 is 0 Å². The highest BCUT2D eigenvalue weighted by atomic mass is 16.5. The van der Waals surface area contributed by atoms with Gasteiger partial charge in [-0.15, -0.1) is 0 Å². The average Bonchev–Trinajstić information content (AvgIpc) is 3.46. The van der Waals surface area contributed by atoms with Crippen molar-refractivity contribution in [2.24, 2.45) is 0 Å². The molecule has 1 aromatic heterocycles. The number of nitrogens with zero attached hydrogens (tertiary/aromatic N) is 1. The summed E-state index contributed by atoms with van der Waals surface area (Å²) >= 11 is 0. The van der Waals surface area contributed by atoms with Gasteiger partial charge in [-0.3, -0.25) is 14.9 Å². The summed E-state index contributed by atoms with van der Waals surface area (Å²) in [6.45, 7) is 2.68. The third-order valence-electron chi connectivity index (χ3n) is 6.29. The van der Waals surface area contributed by atoms with Gasteiger partial charge >= 0.3 is 0 Å². The van der Waals surface area contributed by atoms with Gasteiger partial charge in [0.15, 0.2) is 0 Å². The van der Waals surface area contributed by atoms with Gasteiger partial charge in [0.25, 0.3) is 5.91 Å². The quantitative estimate of drug-likeness (QED) is 0.156. The van der Waals surface area contributed by atoms with E-state index in [1.54, 1.807) is 11.6 Å². The Morgan fingerprint density at radius 1 is 1.21 bits per heavy atom. The van der Waals surface area contributed by atoms with Crippen LogP contribution in [0.2, 0.25) is 0 Å². The third kappa shape index (κ3) is 5.69. The number of carbonyl (C=O) groups excluding carboxylic acids is 1. The SMILES string of the molecule is O=C(/C=C/c1ccc2c(c1)CCC2N(CCOCCO)CCc1c[nH]c2ccccc12)NO. The van der Waals surface area contributed by atoms with Gasteiger partial charge < -0.3 is 14.8 Å². The van der Waals surface area contributed by atoms with Crippen LogP contribution in [0.1, 0.15) is 34.7 Å². The Morgan fingerprint density at radius 3 is 2.94 bits per heavy atom. The number of hydroxylamine groups is 1. The number of aliphatic hydroxyl groups is 1. The van der Waals surface area contributed by atoms with Crippen LogP contribution in [-0.4, -0.2) is 59.0 Å². The number of para-hydroxylation sites is 1. The molecule has 0 radical (unpaired) electrons. The first-order chi connectivity index (χ1) is 16.2. The lowest BCUT2D eigenvalue weighted by Gasteiger charge is -2.29. The summed E-state index contributed by atoms with van der Waals surface area (Å²) in [5.74, 6) is -0.542. The van der Waals surface area contributed by atoms with Crippen molar-refractivity contribution in [3.05, 3.63) is 77.0 Å². The Morgan fingerprint density at radius 2 is 2.09 bits per heavy atom. The summed E-state index contributed by atoms with van der Waals surface area (Å²) in [4.78, 5) is 17.1. The smallest absolute Gasteiger partial charge is 0.267 e. The number of H-pyrrole nitrogens is 1. The van der Waals surface area contributed by atoms with Crippen molar-refractivity contribution < 1.29 is 19.8 Å². The molecule has 1 atom stereocenters. The average molecular weight is 450 g/mol. The number of benzene rings is 2. The Hall–Kier alpha value is -2.97. The van der Waals surface area contributed by atoms with E-state index in [0.717, 1.165) is 43.4 Å². The molecule has 0 aliphatic heterocycles. The number of amides is 1. The molecule has 174 valence electrons. The molecular weight excluding hydrogens is 418 g/mol. The van der Waals surface area contributed by atoms with Gasteiger partial charge in [-0.1, -0.05) is 36.4 Å². The number of rotatable bonds is 11. The Balaban J connectivity index is 1.49. The van der Waals surface area contributed by atoms with Gasteiger partial charge in [-0.25, -0.2) is 5.48 Å². The van der Waals surface area contributed by atoms with Gasteiger partial charge in [0, 0.05) is 42.3 Å². The molecule has 2 aromatic carbocycles. The summed E-state index contributed by atoms with van der Waals surface area (Å²) in [6.07, 6.45) is 8.08. The highest BCUT2D eigenvalue weighted by Crippen LogP contribution is 2.36. The monoisotopic (exact) mass is 449 g/mol. The molecule has 0 saturated heterocycles. The van der Waals surface area contributed by atoms with Gasteiger partial charge in [-0.2, -0.15) is 0 Å². The van der Waals surface area contributed by atoms with E-state index in [2.05, 4.69) is 46.4 Å². The van der Waals surface area contributed by atoms with Gasteiger partial charge in [-0.05, 0) is 53.7 Å². The fourth-order valence-electron chi connectivity index (χ4n) is 4.68. The van der Waals surface area contributed by atoms with Crippen molar-refractivity contribution in [1.82, 2.24) is 15.4 Å². The van der Waals surface area contributed by atoms with E-state index < -0.39 is 5.91 Å². The zero-order valence-electron chi connectivity index (χ0n) is 18.7. The van der Waals surface area contributed by atoms with Crippen LogP contribution in [0.25, 0.3) is 17.0 Å². The van der Waals surface area contributed by atoms with E-state index in [1.165, 1.54) is 28.2 Å². The largest absolute Gasteiger partial charge is 0.394 e. The van der Waals surface area contributed by atoms with Crippen LogP contribution in [0, 0.1) is 0 Å². The number of aryl methyl sites for hydroxylation is 1. The maximum Gasteiger partial charge on any atom is 0.267 e. The summed E-state index contributed by atoms with van der Waals surface area (Å²) in [5.41, 5.74) is 7.63. The van der Waals surface area contributed by atoms with Crippen LogP contribution in [0.15, 0.2) is 54.7 Å². The molecule has 7 heteroatoms. The van der Waals surface area contributed by atoms with Crippen molar-refractivity contribution in [3.8, 4) is 0 Å². The first-order valence-corrected chi connectivity index (χ1v) is 11.4. The van der Waals surface area contributed by atoms with E-state index >= 15 is 0 Å². The summed E-state index contributed by atoms with van der Waals surface area (Å²) in [7, 11) is 0. The van der Waals surface area contributed by atoms with Crippen molar-refractivity contribution >= 4 is 22.9 Å². The number of carbonyl (C=O) groups is 1. The number of fused-ring (bicyclic) bond motifs is 2. The maximum atomic E-state index is 11.3. The van der Waals surface area contributed by atoms with Crippen molar-refractivity contribution in [3.63, 3.8) is 0 Å². The first kappa shape index (κ1) is 23.2. The lowest BCUT2D eigenvalue weighted by Crippen LogP contribution is -2.33. The van der Waals surface area contributed by atoms with Crippen LogP contribution < -0.4 is 5.48 Å². The molecule has 7 nitrogen and oxygen atoms in total. The molecule has 4 N–H and O–H groups in total. The highest BCUT2D eigenvalue weighted by Gasteiger charge is 2.28. The fourth-order valence-corrected chi connectivity index (χ4v) is 4.68. The molecule has 0 fully saturated rings. The molecule has 4 rings (SSSR count). The normalized spacial score (nSPS) is 15.5. The topological polar surface area (TPSA) is 97.8 Å². The van der Waals surface area contributed by atoms with E-state index in [0.29, 0.717) is 19.3 Å². The van der Waals surface area contributed by atoms with Crippen LogP contribution in [0.3, 0.4) is 0 Å². The van der Waals surface area contributed by atoms with E-state index in [-0.39, 0.29) is 6.61 Å². The molecule has 1 amide bonds. The molecule has 3 aromatic rings. The molecule has 0 bridgehead atoms. The molecular formula is C26H31N3O4. The number of hydrogen-bond acceptors (Lipinski definition) is 5. The lowest BCUT2D eigenvalue weighted by atomic mass is 10.0. The maximum absolute atomic E-state index is 11.3. The van der Waals surface area contributed by atoms with Crippen molar-refractivity contribution in [2.75, 3.05) is 32.9 Å². The van der Waals surface area contributed by atoms with Gasteiger partial charge in [0.2, 0.25) is 0 Å². The molecule has 0 spiro atoms. The molecule has 1 aliphatic rings. The molecule has 0 saturated carbocycles. The van der Waals surface area contributed by atoms with Crippen LogP contribution in [0.4, 0.5) is 0 Å². The minimum atomic E-state index is -0.542. The number of nitrogens with one attached hydrogen (secondary N) is 2. The number of aromatic amines is 1. The summed E-state index contributed by atoms with van der Waals surface area (Å²) in [6, 6.07) is 15.0. The predicted octanol–water partition coefficient (Wildman–Crippen LogP) is 3.23. The van der Waals surface area contributed by atoms with Crippen LogP contribution in [-0.2, 0) is 22.4 Å². The van der Waals surface area contributed by atoms with E-state index in [4.69, 9.17) is 15.1 Å². The van der Waals surface area contributed by atoms with Crippen molar-refractivity contribution in [2.45, 2.75) is 25.3 Å². The molecule has 1 aliphatic carbocycles. The number of ether oxygens (including phenoxy) is 1. The second-order valence-electron chi connectivity index (χ2n) is 8.30. The highest BCUT2D eigenvalue weighted by molar-refractivity contribution is 5.90. The third-order valence-corrected chi connectivity index (χ3v) is 6.29. The zero-order valence-corrected chi connectivity index (χ0v) is 18.7. The molecule has 1 unspecified atom stereocenters. The van der Waals surface area contributed by atoms with Crippen molar-refractivity contribution in [1.29, 1.82) is 0 Å². The molecule has 33 heavy (non-hydrogen) atoms. The molecule has 1 heterocycles. The standard InChI is InChI=1S/C26H31N3O4/c30-14-16-33-15-13-29(12-11-21-18-27-24-4-2-1-3-22(21)24)25-9-7-20-17-19(5-8-23(20)25)6-10-26(31)28-32/h1-6,8,10,17-18,25,27,30,32H,7,9,11-16H2,(H,28,31)/b10-6+. The van der Waals surface area contributed by atoms with E-state index in [9.17, 15) is 4.79 Å². The Kier molecular flexibility index (Phi) is 7.91. The second kappa shape index (κ2) is 11.2. The summed E-state index contributed by atoms with van der Waals surface area (Å²) < 4.78 is 5.59. The second-order valence-corrected chi connectivity index (χ2v) is 8.30. The predicted molar refractivity (Wildman–Crippen MR) is 128 cm³/mol. The minimum Gasteiger partial charge on any atom is -0.394 e. The van der Waals surface area contributed by atoms with E-state index in [1.807, 2.05) is 12.1 Å². The Bertz CT molecular complexity index is 1110. The number of hydrogen-bond donors (Lipinski definition) is 4. The lowest BCUT2D eigenvalue weighted by molar-refractivity contribution is -0.124. The number of aliphatic hydroxyl groups excluding tert-OH is 1. The fraction of sp³-hybridized carbons (Fsp3) is 0.346.